The minimum absolute atomic E-state index is 0.0176. The Balaban J connectivity index is 1.71. The van der Waals surface area contributed by atoms with E-state index < -0.39 is 0 Å². The van der Waals surface area contributed by atoms with Gasteiger partial charge in [0.05, 0.1) is 18.1 Å². The molecule has 1 spiro atoms. The van der Waals surface area contributed by atoms with Crippen LogP contribution in [-0.2, 0) is 19.1 Å². The predicted octanol–water partition coefficient (Wildman–Crippen LogP) is 4.55. The van der Waals surface area contributed by atoms with Gasteiger partial charge in [-0.25, -0.2) is 0 Å². The third kappa shape index (κ3) is 2.44. The SMILES string of the molecule is CO[C@@H]1[C@]23CC[C@H]4[C@](C)(COC(C)=O)CCC[C@]4(C)[C@H]2CC[C@@]1(C)C(=O)C3. The van der Waals surface area contributed by atoms with E-state index in [1.54, 1.807) is 0 Å². The highest BCUT2D eigenvalue weighted by atomic mass is 16.5. The monoisotopic (exact) mass is 376 g/mol. The molecule has 0 radical (unpaired) electrons. The molecular weight excluding hydrogens is 340 g/mol. The average Bonchev–Trinajstić information content (AvgIpc) is 2.71. The van der Waals surface area contributed by atoms with Gasteiger partial charge in [-0.05, 0) is 55.8 Å². The Bertz CT molecular complexity index is 659. The second-order valence-electron chi connectivity index (χ2n) is 10.8. The molecule has 4 rings (SSSR count). The number of fused-ring (bicyclic) bond motifs is 3. The van der Waals surface area contributed by atoms with Gasteiger partial charge in [0.25, 0.3) is 0 Å². The Morgan fingerprint density at radius 1 is 1.07 bits per heavy atom. The quantitative estimate of drug-likeness (QED) is 0.678. The summed E-state index contributed by atoms with van der Waals surface area (Å²) in [5, 5.41) is 0. The predicted molar refractivity (Wildman–Crippen MR) is 103 cm³/mol. The standard InChI is InChI=1S/C23H36O4/c1-15(24)27-14-20(2)9-6-10-21(3)16(20)8-12-23-13-18(25)22(4,19(23)26-5)11-7-17(21)23/h16-17,19H,6-14H2,1-5H3/t16-,17+,19-,20-,21-,22-,23-/m0/s1. The minimum atomic E-state index is -0.288. The Hall–Kier alpha value is -0.900. The van der Waals surface area contributed by atoms with Crippen LogP contribution in [0, 0.1) is 33.5 Å². The highest BCUT2D eigenvalue weighted by Gasteiger charge is 2.72. The molecule has 4 nitrogen and oxygen atoms in total. The Morgan fingerprint density at radius 2 is 1.78 bits per heavy atom. The molecule has 7 atom stereocenters. The molecule has 0 saturated heterocycles. The molecule has 2 bridgehead atoms. The van der Waals surface area contributed by atoms with Crippen LogP contribution in [0.25, 0.3) is 0 Å². The van der Waals surface area contributed by atoms with E-state index in [4.69, 9.17) is 9.47 Å². The van der Waals surface area contributed by atoms with Crippen LogP contribution < -0.4 is 0 Å². The van der Waals surface area contributed by atoms with Crippen molar-refractivity contribution in [3.8, 4) is 0 Å². The fourth-order valence-corrected chi connectivity index (χ4v) is 8.52. The second-order valence-corrected chi connectivity index (χ2v) is 10.8. The Morgan fingerprint density at radius 3 is 2.44 bits per heavy atom. The smallest absolute Gasteiger partial charge is 0.302 e. The van der Waals surface area contributed by atoms with Crippen LogP contribution in [0.5, 0.6) is 0 Å². The number of esters is 1. The summed E-state index contributed by atoms with van der Waals surface area (Å²) >= 11 is 0. The summed E-state index contributed by atoms with van der Waals surface area (Å²) in [6.07, 6.45) is 8.59. The molecule has 4 aliphatic carbocycles. The van der Waals surface area contributed by atoms with Crippen molar-refractivity contribution < 1.29 is 19.1 Å². The van der Waals surface area contributed by atoms with Crippen LogP contribution in [0.4, 0.5) is 0 Å². The van der Waals surface area contributed by atoms with E-state index in [9.17, 15) is 9.59 Å². The summed E-state index contributed by atoms with van der Waals surface area (Å²) in [4.78, 5) is 24.5. The largest absolute Gasteiger partial charge is 0.465 e. The van der Waals surface area contributed by atoms with Crippen molar-refractivity contribution in [3.63, 3.8) is 0 Å². The van der Waals surface area contributed by atoms with Gasteiger partial charge in [-0.15, -0.1) is 0 Å². The molecule has 0 N–H and O–H groups in total. The molecular formula is C23H36O4. The van der Waals surface area contributed by atoms with Crippen LogP contribution in [0.15, 0.2) is 0 Å². The third-order valence-electron chi connectivity index (χ3n) is 9.51. The summed E-state index contributed by atoms with van der Waals surface area (Å²) in [5.74, 6) is 1.33. The molecule has 0 amide bonds. The molecule has 0 aromatic heterocycles. The number of rotatable bonds is 3. The van der Waals surface area contributed by atoms with E-state index in [0.29, 0.717) is 30.6 Å². The number of ketones is 1. The lowest BCUT2D eigenvalue weighted by molar-refractivity contribution is -0.211. The first-order valence-electron chi connectivity index (χ1n) is 10.8. The van der Waals surface area contributed by atoms with Gasteiger partial charge in [0, 0.05) is 31.3 Å². The van der Waals surface area contributed by atoms with Crippen LogP contribution in [-0.4, -0.2) is 31.6 Å². The number of methoxy groups -OCH3 is 1. The molecule has 4 aliphatic rings. The molecule has 27 heavy (non-hydrogen) atoms. The van der Waals surface area contributed by atoms with E-state index in [1.807, 2.05) is 7.11 Å². The zero-order valence-electron chi connectivity index (χ0n) is 17.7. The van der Waals surface area contributed by atoms with Gasteiger partial charge in [-0.1, -0.05) is 27.2 Å². The summed E-state index contributed by atoms with van der Waals surface area (Å²) in [5.41, 5.74) is -0.0196. The summed E-state index contributed by atoms with van der Waals surface area (Å²) in [6.45, 7) is 9.00. The Kier molecular flexibility index (Phi) is 4.35. The molecule has 0 unspecified atom stereocenters. The van der Waals surface area contributed by atoms with Crippen molar-refractivity contribution in [2.75, 3.05) is 13.7 Å². The lowest BCUT2D eigenvalue weighted by Crippen LogP contribution is -2.62. The number of Topliss-reactive ketones (excluding diaryl/α,β-unsaturated/α-hetero) is 1. The van der Waals surface area contributed by atoms with Gasteiger partial charge >= 0.3 is 5.97 Å². The molecule has 0 heterocycles. The van der Waals surface area contributed by atoms with Gasteiger partial charge in [-0.2, -0.15) is 0 Å². The first-order valence-corrected chi connectivity index (χ1v) is 10.8. The maximum atomic E-state index is 13.0. The highest BCUT2D eigenvalue weighted by molar-refractivity contribution is 5.89. The summed E-state index contributed by atoms with van der Waals surface area (Å²) in [7, 11) is 1.81. The van der Waals surface area contributed by atoms with Crippen molar-refractivity contribution in [1.82, 2.24) is 0 Å². The molecule has 152 valence electrons. The lowest BCUT2D eigenvalue weighted by atomic mass is 9.40. The molecule has 4 saturated carbocycles. The van der Waals surface area contributed by atoms with E-state index in [-0.39, 0.29) is 33.7 Å². The minimum Gasteiger partial charge on any atom is -0.465 e. The van der Waals surface area contributed by atoms with Crippen molar-refractivity contribution >= 4 is 11.8 Å². The topological polar surface area (TPSA) is 52.6 Å². The van der Waals surface area contributed by atoms with E-state index in [1.165, 1.54) is 19.8 Å². The normalized spacial score (nSPS) is 51.4. The Labute approximate surface area is 163 Å². The average molecular weight is 377 g/mol. The number of hydrogen-bond acceptors (Lipinski definition) is 4. The second kappa shape index (κ2) is 6.05. The maximum absolute atomic E-state index is 13.0. The molecule has 0 aromatic rings. The van der Waals surface area contributed by atoms with Crippen LogP contribution in [0.1, 0.15) is 79.1 Å². The molecule has 4 fully saturated rings. The van der Waals surface area contributed by atoms with Gasteiger partial charge in [0.15, 0.2) is 0 Å². The van der Waals surface area contributed by atoms with Gasteiger partial charge < -0.3 is 9.47 Å². The first kappa shape index (κ1) is 19.4. The third-order valence-corrected chi connectivity index (χ3v) is 9.51. The van der Waals surface area contributed by atoms with E-state index in [2.05, 4.69) is 20.8 Å². The molecule has 0 aromatic carbocycles. The van der Waals surface area contributed by atoms with E-state index in [0.717, 1.165) is 32.1 Å². The maximum Gasteiger partial charge on any atom is 0.302 e. The number of carbonyl (C=O) groups is 2. The fraction of sp³-hybridized carbons (Fsp3) is 0.913. The zero-order chi connectivity index (χ0) is 19.7. The van der Waals surface area contributed by atoms with Crippen molar-refractivity contribution in [2.24, 2.45) is 33.5 Å². The number of carbonyl (C=O) groups excluding carboxylic acids is 2. The zero-order valence-corrected chi connectivity index (χ0v) is 17.7. The van der Waals surface area contributed by atoms with E-state index >= 15 is 0 Å². The van der Waals surface area contributed by atoms with Crippen molar-refractivity contribution in [2.45, 2.75) is 85.2 Å². The van der Waals surface area contributed by atoms with Gasteiger partial charge in [0.1, 0.15) is 5.78 Å². The summed E-state index contributed by atoms with van der Waals surface area (Å²) in [6, 6.07) is 0. The van der Waals surface area contributed by atoms with Gasteiger partial charge in [0.2, 0.25) is 0 Å². The fourth-order valence-electron chi connectivity index (χ4n) is 8.52. The number of hydrogen-bond donors (Lipinski definition) is 0. The van der Waals surface area contributed by atoms with Crippen LogP contribution in [0.3, 0.4) is 0 Å². The van der Waals surface area contributed by atoms with Crippen LogP contribution >= 0.6 is 0 Å². The molecule has 0 aliphatic heterocycles. The van der Waals surface area contributed by atoms with Crippen LogP contribution in [0.2, 0.25) is 0 Å². The first-order chi connectivity index (χ1) is 12.6. The van der Waals surface area contributed by atoms with Gasteiger partial charge in [-0.3, -0.25) is 9.59 Å². The summed E-state index contributed by atoms with van der Waals surface area (Å²) < 4.78 is 11.6. The lowest BCUT2D eigenvalue weighted by Gasteiger charge is -2.65. The number of ether oxygens (including phenoxy) is 2. The highest BCUT2D eigenvalue weighted by Crippen LogP contribution is 2.73. The van der Waals surface area contributed by atoms with Crippen molar-refractivity contribution in [1.29, 1.82) is 0 Å². The van der Waals surface area contributed by atoms with Crippen molar-refractivity contribution in [3.05, 3.63) is 0 Å². The molecule has 4 heteroatoms.